The van der Waals surface area contributed by atoms with Crippen molar-refractivity contribution in [2.75, 3.05) is 12.4 Å². The van der Waals surface area contributed by atoms with E-state index in [1.807, 2.05) is 12.1 Å². The molecule has 96 valence electrons. The number of aliphatic hydroxyl groups excluding tert-OH is 1. The van der Waals surface area contributed by atoms with Gasteiger partial charge in [0.1, 0.15) is 0 Å². The van der Waals surface area contributed by atoms with Crippen LogP contribution in [0.1, 0.15) is 24.2 Å². The average Bonchev–Trinajstić information content (AvgIpc) is 2.36. The Morgan fingerprint density at radius 3 is 2.89 bits per heavy atom. The number of hydrogen-bond acceptors (Lipinski definition) is 4. The molecule has 0 radical (unpaired) electrons. The first-order chi connectivity index (χ1) is 8.48. The number of hydrogen-bond donors (Lipinski definition) is 2. The van der Waals surface area contributed by atoms with Crippen LogP contribution in [-0.4, -0.2) is 28.9 Å². The van der Waals surface area contributed by atoms with Crippen molar-refractivity contribution in [3.05, 3.63) is 29.8 Å². The number of thioether (sulfide) groups is 1. The molecule has 1 amide bonds. The summed E-state index contributed by atoms with van der Waals surface area (Å²) in [5.41, 5.74) is -0.119. The van der Waals surface area contributed by atoms with Crippen LogP contribution in [0, 0.1) is 11.3 Å². The number of amides is 1. The van der Waals surface area contributed by atoms with E-state index in [0.717, 1.165) is 4.90 Å². The molecular formula is C13H16N2O2S. The van der Waals surface area contributed by atoms with Gasteiger partial charge in [-0.2, -0.15) is 5.26 Å². The normalized spacial score (nSPS) is 10.8. The number of carbonyl (C=O) groups excluding carboxylic acids is 1. The third-order valence-corrected chi connectivity index (χ3v) is 3.11. The van der Waals surface area contributed by atoms with Crippen LogP contribution in [0.2, 0.25) is 0 Å². The summed E-state index contributed by atoms with van der Waals surface area (Å²) in [6, 6.07) is 9.13. The summed E-state index contributed by atoms with van der Waals surface area (Å²) in [6.07, 6.45) is 0. The first-order valence-corrected chi connectivity index (χ1v) is 6.50. The van der Waals surface area contributed by atoms with Crippen LogP contribution in [0.25, 0.3) is 0 Å². The van der Waals surface area contributed by atoms with Crippen LogP contribution >= 0.6 is 11.8 Å². The van der Waals surface area contributed by atoms with Gasteiger partial charge in [-0.3, -0.25) is 4.79 Å². The van der Waals surface area contributed by atoms with Crippen LogP contribution in [0.4, 0.5) is 0 Å². The minimum atomic E-state index is -0.646. The van der Waals surface area contributed by atoms with Gasteiger partial charge in [0.25, 0.3) is 5.91 Å². The molecule has 0 aliphatic rings. The van der Waals surface area contributed by atoms with Gasteiger partial charge in [-0.1, -0.05) is 6.07 Å². The zero-order valence-corrected chi connectivity index (χ0v) is 11.3. The summed E-state index contributed by atoms with van der Waals surface area (Å²) in [7, 11) is 0. The first kappa shape index (κ1) is 14.6. The maximum Gasteiger partial charge on any atom is 0.251 e. The fourth-order valence-corrected chi connectivity index (χ4v) is 1.88. The lowest BCUT2D eigenvalue weighted by Crippen LogP contribution is -2.46. The van der Waals surface area contributed by atoms with E-state index in [4.69, 9.17) is 10.4 Å². The Kier molecular flexibility index (Phi) is 5.20. The second-order valence-electron chi connectivity index (χ2n) is 4.47. The molecular weight excluding hydrogens is 248 g/mol. The van der Waals surface area contributed by atoms with Crippen molar-refractivity contribution in [3.8, 4) is 6.07 Å². The van der Waals surface area contributed by atoms with E-state index < -0.39 is 5.54 Å². The standard InChI is InChI=1S/C13H16N2O2S/c1-13(2,9-16)15-12(17)10-4-3-5-11(8-10)18-7-6-14/h3-5,8,16H,7,9H2,1-2H3,(H,15,17). The monoisotopic (exact) mass is 264 g/mol. The summed E-state index contributed by atoms with van der Waals surface area (Å²) in [5.74, 6) is 0.126. The van der Waals surface area contributed by atoms with E-state index in [1.165, 1.54) is 11.8 Å². The Morgan fingerprint density at radius 2 is 2.28 bits per heavy atom. The van der Waals surface area contributed by atoms with E-state index >= 15 is 0 Å². The predicted octanol–water partition coefficient (Wildman–Crippen LogP) is 1.80. The lowest BCUT2D eigenvalue weighted by atomic mass is 10.1. The SMILES string of the molecule is CC(C)(CO)NC(=O)c1cccc(SCC#N)c1. The average molecular weight is 264 g/mol. The molecule has 0 saturated carbocycles. The van der Waals surface area contributed by atoms with Gasteiger partial charge in [0.05, 0.1) is 24.0 Å². The maximum atomic E-state index is 11.9. The second kappa shape index (κ2) is 6.43. The molecule has 1 aromatic rings. The molecule has 0 heterocycles. The van der Waals surface area contributed by atoms with Crippen molar-refractivity contribution in [1.82, 2.24) is 5.32 Å². The van der Waals surface area contributed by atoms with Crippen molar-refractivity contribution in [2.24, 2.45) is 0 Å². The number of aliphatic hydroxyl groups is 1. The summed E-state index contributed by atoms with van der Waals surface area (Å²) >= 11 is 1.39. The van der Waals surface area contributed by atoms with Gasteiger partial charge in [-0.15, -0.1) is 11.8 Å². The van der Waals surface area contributed by atoms with Crippen molar-refractivity contribution in [1.29, 1.82) is 5.26 Å². The topological polar surface area (TPSA) is 73.1 Å². The highest BCUT2D eigenvalue weighted by Crippen LogP contribution is 2.18. The maximum absolute atomic E-state index is 11.9. The summed E-state index contributed by atoms with van der Waals surface area (Å²) in [6.45, 7) is 3.37. The van der Waals surface area contributed by atoms with E-state index in [-0.39, 0.29) is 12.5 Å². The van der Waals surface area contributed by atoms with Gasteiger partial charge in [0, 0.05) is 10.5 Å². The van der Waals surface area contributed by atoms with Crippen molar-refractivity contribution < 1.29 is 9.90 Å². The lowest BCUT2D eigenvalue weighted by Gasteiger charge is -2.23. The summed E-state index contributed by atoms with van der Waals surface area (Å²) in [4.78, 5) is 12.8. The van der Waals surface area contributed by atoms with Crippen LogP contribution in [0.5, 0.6) is 0 Å². The molecule has 0 aliphatic heterocycles. The molecule has 0 unspecified atom stereocenters. The molecule has 18 heavy (non-hydrogen) atoms. The fourth-order valence-electron chi connectivity index (χ4n) is 1.26. The molecule has 2 N–H and O–H groups in total. The molecule has 0 aromatic heterocycles. The fraction of sp³-hybridized carbons (Fsp3) is 0.385. The highest BCUT2D eigenvalue weighted by molar-refractivity contribution is 7.99. The smallest absolute Gasteiger partial charge is 0.251 e. The lowest BCUT2D eigenvalue weighted by molar-refractivity contribution is 0.0869. The minimum absolute atomic E-state index is 0.123. The molecule has 0 saturated heterocycles. The Morgan fingerprint density at radius 1 is 1.56 bits per heavy atom. The third kappa shape index (κ3) is 4.40. The van der Waals surface area contributed by atoms with Gasteiger partial charge in [-0.25, -0.2) is 0 Å². The Balaban J connectivity index is 2.77. The van der Waals surface area contributed by atoms with E-state index in [9.17, 15) is 4.79 Å². The molecule has 4 nitrogen and oxygen atoms in total. The molecule has 1 aromatic carbocycles. The third-order valence-electron chi connectivity index (χ3n) is 2.25. The number of carbonyl (C=O) groups is 1. The Bertz CT molecular complexity index is 466. The summed E-state index contributed by atoms with van der Waals surface area (Å²) in [5, 5.41) is 20.4. The molecule has 0 fully saturated rings. The Hall–Kier alpha value is -1.51. The zero-order valence-electron chi connectivity index (χ0n) is 10.4. The largest absolute Gasteiger partial charge is 0.394 e. The highest BCUT2D eigenvalue weighted by atomic mass is 32.2. The van der Waals surface area contributed by atoms with Crippen molar-refractivity contribution >= 4 is 17.7 Å². The van der Waals surface area contributed by atoms with E-state index in [1.54, 1.807) is 32.0 Å². The number of nitrogens with zero attached hydrogens (tertiary/aromatic N) is 1. The van der Waals surface area contributed by atoms with Crippen LogP contribution in [0.15, 0.2) is 29.2 Å². The molecule has 0 aliphatic carbocycles. The number of benzene rings is 1. The minimum Gasteiger partial charge on any atom is -0.394 e. The van der Waals surface area contributed by atoms with Gasteiger partial charge in [0.2, 0.25) is 0 Å². The number of rotatable bonds is 5. The molecule has 0 bridgehead atoms. The second-order valence-corrected chi connectivity index (χ2v) is 5.52. The highest BCUT2D eigenvalue weighted by Gasteiger charge is 2.19. The van der Waals surface area contributed by atoms with Gasteiger partial charge < -0.3 is 10.4 Å². The predicted molar refractivity (Wildman–Crippen MR) is 71.4 cm³/mol. The van der Waals surface area contributed by atoms with Gasteiger partial charge in [-0.05, 0) is 32.0 Å². The van der Waals surface area contributed by atoms with Gasteiger partial charge >= 0.3 is 0 Å². The van der Waals surface area contributed by atoms with Crippen LogP contribution < -0.4 is 5.32 Å². The molecule has 5 heteroatoms. The molecule has 1 rings (SSSR count). The number of nitrogens with one attached hydrogen (secondary N) is 1. The summed E-state index contributed by atoms with van der Waals surface area (Å²) < 4.78 is 0. The first-order valence-electron chi connectivity index (χ1n) is 5.52. The zero-order chi connectivity index (χ0) is 13.6. The van der Waals surface area contributed by atoms with Crippen molar-refractivity contribution in [2.45, 2.75) is 24.3 Å². The molecule has 0 atom stereocenters. The quantitative estimate of drug-likeness (QED) is 0.795. The number of nitriles is 1. The van der Waals surface area contributed by atoms with E-state index in [0.29, 0.717) is 11.3 Å². The molecule has 0 spiro atoms. The van der Waals surface area contributed by atoms with Crippen LogP contribution in [0.3, 0.4) is 0 Å². The van der Waals surface area contributed by atoms with Crippen LogP contribution in [-0.2, 0) is 0 Å². The van der Waals surface area contributed by atoms with Crippen molar-refractivity contribution in [3.63, 3.8) is 0 Å². The van der Waals surface area contributed by atoms with Gasteiger partial charge in [0.15, 0.2) is 0 Å². The van der Waals surface area contributed by atoms with E-state index in [2.05, 4.69) is 5.32 Å². The Labute approximate surface area is 111 Å².